The van der Waals surface area contributed by atoms with Gasteiger partial charge in [0.1, 0.15) is 22.8 Å². The molecule has 8 nitrogen and oxygen atoms in total. The van der Waals surface area contributed by atoms with Gasteiger partial charge in [0.15, 0.2) is 5.65 Å². The number of pyridine rings is 1. The van der Waals surface area contributed by atoms with Crippen LogP contribution in [0.15, 0.2) is 34.7 Å². The maximum absolute atomic E-state index is 11.9. The number of nitrogens with zero attached hydrogens (tertiary/aromatic N) is 4. The van der Waals surface area contributed by atoms with Gasteiger partial charge in [0.25, 0.3) is 0 Å². The number of rotatable bonds is 8. The zero-order chi connectivity index (χ0) is 21.7. The fourth-order valence-electron chi connectivity index (χ4n) is 3.00. The third-order valence-corrected chi connectivity index (χ3v) is 5.20. The molecule has 1 amide bonds. The minimum Gasteiger partial charge on any atom is -0.494 e. The lowest BCUT2D eigenvalue weighted by Crippen LogP contribution is -2.06. The Kier molecular flexibility index (Phi) is 7.17. The molecule has 0 bridgehead atoms. The van der Waals surface area contributed by atoms with E-state index in [2.05, 4.69) is 21.3 Å². The van der Waals surface area contributed by atoms with Crippen LogP contribution in [-0.2, 0) is 17.0 Å². The van der Waals surface area contributed by atoms with E-state index in [9.17, 15) is 13.2 Å². The summed E-state index contributed by atoms with van der Waals surface area (Å²) in [6.45, 7) is 4.99. The average Bonchev–Trinajstić information content (AvgIpc) is 3.01. The summed E-state index contributed by atoms with van der Waals surface area (Å²) >= 11 is 6.46. The van der Waals surface area contributed by atoms with Gasteiger partial charge in [-0.3, -0.25) is 4.79 Å². The molecule has 0 saturated heterocycles. The third-order valence-electron chi connectivity index (χ3n) is 4.53. The highest BCUT2D eigenvalue weighted by molar-refractivity contribution is 7.62. The van der Waals surface area contributed by atoms with Gasteiger partial charge < -0.3 is 9.30 Å². The first-order valence-electron chi connectivity index (χ1n) is 9.49. The van der Waals surface area contributed by atoms with Crippen molar-refractivity contribution < 1.29 is 17.9 Å². The second kappa shape index (κ2) is 9.82. The Morgan fingerprint density at radius 2 is 2.00 bits per heavy atom. The van der Waals surface area contributed by atoms with Gasteiger partial charge in [-0.15, -0.1) is 0 Å². The molecule has 0 saturated carbocycles. The van der Waals surface area contributed by atoms with E-state index in [1.165, 1.54) is 6.07 Å². The molecule has 1 aromatic carbocycles. The van der Waals surface area contributed by atoms with E-state index >= 15 is 0 Å². The van der Waals surface area contributed by atoms with Crippen LogP contribution in [0.1, 0.15) is 48.1 Å². The zero-order valence-electron chi connectivity index (χ0n) is 16.6. The summed E-state index contributed by atoms with van der Waals surface area (Å²) in [5.41, 5.74) is 1.79. The molecular formula is C20H21ClN4O4S. The second-order valence-electron chi connectivity index (χ2n) is 6.71. The van der Waals surface area contributed by atoms with Gasteiger partial charge in [0, 0.05) is 5.02 Å². The van der Waals surface area contributed by atoms with Crippen LogP contribution < -0.4 is 4.74 Å². The van der Waals surface area contributed by atoms with Gasteiger partial charge in [-0.25, -0.2) is 9.97 Å². The van der Waals surface area contributed by atoms with Crippen LogP contribution in [0, 0.1) is 6.92 Å². The summed E-state index contributed by atoms with van der Waals surface area (Å²) in [6, 6.07) is 8.54. The number of hydrogen-bond donors (Lipinski definition) is 0. The van der Waals surface area contributed by atoms with Gasteiger partial charge in [0.2, 0.25) is 0 Å². The van der Waals surface area contributed by atoms with Gasteiger partial charge in [-0.05, 0) is 43.2 Å². The Hall–Kier alpha value is -2.78. The summed E-state index contributed by atoms with van der Waals surface area (Å²) in [6.07, 6.45) is 3.24. The zero-order valence-corrected chi connectivity index (χ0v) is 18.2. The van der Waals surface area contributed by atoms with Crippen LogP contribution >= 0.6 is 11.6 Å². The van der Waals surface area contributed by atoms with E-state index in [0.29, 0.717) is 40.9 Å². The van der Waals surface area contributed by atoms with E-state index in [1.807, 2.05) is 23.6 Å². The quantitative estimate of drug-likeness (QED) is 0.478. The molecule has 158 valence electrons. The number of amides is 1. The van der Waals surface area contributed by atoms with Crippen LogP contribution in [0.4, 0.5) is 0 Å². The molecular weight excluding hydrogens is 428 g/mol. The highest BCUT2D eigenvalue weighted by atomic mass is 35.5. The van der Waals surface area contributed by atoms with Gasteiger partial charge in [-0.1, -0.05) is 41.8 Å². The van der Waals surface area contributed by atoms with Crippen molar-refractivity contribution in [1.29, 1.82) is 0 Å². The monoisotopic (exact) mass is 448 g/mol. The Balaban J connectivity index is 1.87. The number of carbonyl (C=O) groups is 1. The normalized spacial score (nSPS) is 10.9. The number of aromatic nitrogens is 3. The molecule has 2 aromatic heterocycles. The van der Waals surface area contributed by atoms with Crippen molar-refractivity contribution >= 4 is 39.2 Å². The van der Waals surface area contributed by atoms with Crippen LogP contribution in [0.3, 0.4) is 0 Å². The van der Waals surface area contributed by atoms with Crippen molar-refractivity contribution in [2.75, 3.05) is 6.61 Å². The number of carbonyl (C=O) groups excluding carboxylic acids is 1. The number of halogens is 1. The van der Waals surface area contributed by atoms with E-state index in [0.717, 1.165) is 24.8 Å². The van der Waals surface area contributed by atoms with E-state index in [1.54, 1.807) is 12.1 Å². The van der Waals surface area contributed by atoms with Crippen LogP contribution in [0.2, 0.25) is 5.02 Å². The van der Waals surface area contributed by atoms with Gasteiger partial charge in [-0.2, -0.15) is 8.42 Å². The van der Waals surface area contributed by atoms with E-state index < -0.39 is 16.4 Å². The lowest BCUT2D eigenvalue weighted by atomic mass is 10.2. The molecule has 0 unspecified atom stereocenters. The number of fused-ring (bicyclic) bond motifs is 1. The van der Waals surface area contributed by atoms with Crippen molar-refractivity contribution in [2.45, 2.75) is 39.7 Å². The first-order valence-corrected chi connectivity index (χ1v) is 10.9. The summed E-state index contributed by atoms with van der Waals surface area (Å²) < 4.78 is 31.9. The summed E-state index contributed by atoms with van der Waals surface area (Å²) in [7, 11) is -2.84. The highest BCUT2D eigenvalue weighted by Crippen LogP contribution is 2.25. The Labute approximate surface area is 180 Å². The van der Waals surface area contributed by atoms with Crippen molar-refractivity contribution in [2.24, 2.45) is 4.36 Å². The number of ether oxygens (including phenoxy) is 1. The number of aryl methyl sites for hydroxylation is 1. The molecule has 0 radical (unpaired) electrons. The number of benzene rings is 1. The first kappa shape index (κ1) is 21.9. The van der Waals surface area contributed by atoms with Crippen LogP contribution in [-0.4, -0.2) is 35.5 Å². The lowest BCUT2D eigenvalue weighted by molar-refractivity contribution is 0.100. The standard InChI is InChI=1S/C20H21ClN4O4S/c1-3-4-5-10-29-15-7-6-14(16(21)11-15)12-25-13(2)22-17-8-9-18(23-19(17)25)20(26)24-30(27)28/h6-9,11H,3-5,10,12H2,1-2H3. The van der Waals surface area contributed by atoms with E-state index in [4.69, 9.17) is 16.3 Å². The minimum atomic E-state index is -2.84. The molecule has 2 heterocycles. The van der Waals surface area contributed by atoms with Crippen LogP contribution in [0.25, 0.3) is 11.2 Å². The molecule has 0 aliphatic heterocycles. The largest absolute Gasteiger partial charge is 0.494 e. The van der Waals surface area contributed by atoms with Crippen LogP contribution in [0.5, 0.6) is 5.75 Å². The highest BCUT2D eigenvalue weighted by Gasteiger charge is 2.15. The molecule has 0 N–H and O–H groups in total. The van der Waals surface area contributed by atoms with Crippen molar-refractivity contribution in [1.82, 2.24) is 14.5 Å². The molecule has 3 rings (SSSR count). The minimum absolute atomic E-state index is 0.0743. The molecule has 30 heavy (non-hydrogen) atoms. The Morgan fingerprint density at radius 3 is 2.70 bits per heavy atom. The summed E-state index contributed by atoms with van der Waals surface area (Å²) in [5.74, 6) is 0.464. The second-order valence-corrected chi connectivity index (χ2v) is 7.73. The molecule has 10 heteroatoms. The predicted octanol–water partition coefficient (Wildman–Crippen LogP) is 4.21. The lowest BCUT2D eigenvalue weighted by Gasteiger charge is -2.11. The van der Waals surface area contributed by atoms with E-state index in [-0.39, 0.29) is 5.69 Å². The molecule has 0 aliphatic rings. The maximum Gasteiger partial charge on any atom is 0.319 e. The predicted molar refractivity (Wildman–Crippen MR) is 114 cm³/mol. The Morgan fingerprint density at radius 1 is 1.20 bits per heavy atom. The SMILES string of the molecule is CCCCCOc1ccc(Cn2c(C)nc3ccc(C(=O)N=S(=O)=O)nc32)c(Cl)c1. The van der Waals surface area contributed by atoms with Crippen molar-refractivity contribution in [3.8, 4) is 5.75 Å². The average molecular weight is 449 g/mol. The number of imidazole rings is 1. The molecule has 0 atom stereocenters. The maximum atomic E-state index is 11.9. The third kappa shape index (κ3) is 5.22. The molecule has 0 spiro atoms. The van der Waals surface area contributed by atoms with Gasteiger partial charge >= 0.3 is 16.4 Å². The number of unbranched alkanes of at least 4 members (excludes halogenated alkanes) is 2. The molecule has 3 aromatic rings. The Bertz CT molecular complexity index is 1210. The number of hydrogen-bond acceptors (Lipinski definition) is 6. The summed E-state index contributed by atoms with van der Waals surface area (Å²) in [5, 5.41) is 0.549. The topological polar surface area (TPSA) is 104 Å². The smallest absolute Gasteiger partial charge is 0.319 e. The summed E-state index contributed by atoms with van der Waals surface area (Å²) in [4.78, 5) is 20.6. The fraction of sp³-hybridized carbons (Fsp3) is 0.350. The molecule has 0 fully saturated rings. The van der Waals surface area contributed by atoms with Crippen molar-refractivity contribution in [3.63, 3.8) is 0 Å². The first-order chi connectivity index (χ1) is 14.4. The fourth-order valence-corrected chi connectivity index (χ4v) is 3.46. The van der Waals surface area contributed by atoms with Gasteiger partial charge in [0.05, 0.1) is 13.2 Å². The molecule has 0 aliphatic carbocycles. The van der Waals surface area contributed by atoms with Crippen molar-refractivity contribution in [3.05, 3.63) is 52.4 Å².